The van der Waals surface area contributed by atoms with E-state index in [1.807, 2.05) is 23.6 Å². The standard InChI is InChI=1S/C15H25N3O3/c1-4-11(5-2)14(20)18-8-6-17(7-9-18)12-10-13(19)16(3)15(12)21/h11-12H,4-10H2,1-3H3. The van der Waals surface area contributed by atoms with Crippen LogP contribution in [0.5, 0.6) is 0 Å². The van der Waals surface area contributed by atoms with Gasteiger partial charge in [-0.15, -0.1) is 0 Å². The molecule has 6 nitrogen and oxygen atoms in total. The van der Waals surface area contributed by atoms with E-state index in [0.717, 1.165) is 12.8 Å². The zero-order valence-corrected chi connectivity index (χ0v) is 13.2. The first-order valence-corrected chi connectivity index (χ1v) is 7.82. The summed E-state index contributed by atoms with van der Waals surface area (Å²) < 4.78 is 0. The highest BCUT2D eigenvalue weighted by atomic mass is 16.2. The number of likely N-dealkylation sites (N-methyl/N-ethyl adjacent to an activating group) is 1. The fourth-order valence-electron chi connectivity index (χ4n) is 3.17. The van der Waals surface area contributed by atoms with Gasteiger partial charge in [-0.3, -0.25) is 24.2 Å². The number of rotatable bonds is 4. The summed E-state index contributed by atoms with van der Waals surface area (Å²) in [5, 5.41) is 0. The predicted molar refractivity (Wildman–Crippen MR) is 78.4 cm³/mol. The van der Waals surface area contributed by atoms with Gasteiger partial charge in [0.1, 0.15) is 0 Å². The third kappa shape index (κ3) is 3.10. The molecule has 2 aliphatic rings. The summed E-state index contributed by atoms with van der Waals surface area (Å²) in [6, 6.07) is -0.326. The van der Waals surface area contributed by atoms with E-state index in [2.05, 4.69) is 0 Å². The first-order valence-electron chi connectivity index (χ1n) is 7.82. The number of imide groups is 1. The Morgan fingerprint density at radius 2 is 1.71 bits per heavy atom. The van der Waals surface area contributed by atoms with Gasteiger partial charge in [0, 0.05) is 39.1 Å². The molecule has 0 aromatic carbocycles. The van der Waals surface area contributed by atoms with Crippen LogP contribution in [-0.2, 0) is 14.4 Å². The van der Waals surface area contributed by atoms with Gasteiger partial charge in [-0.05, 0) is 12.8 Å². The first-order chi connectivity index (χ1) is 9.99. The fourth-order valence-corrected chi connectivity index (χ4v) is 3.17. The average Bonchev–Trinajstić information content (AvgIpc) is 2.76. The van der Waals surface area contributed by atoms with Crippen LogP contribution in [0.1, 0.15) is 33.1 Å². The topological polar surface area (TPSA) is 60.9 Å². The lowest BCUT2D eigenvalue weighted by atomic mass is 10.0. The Morgan fingerprint density at radius 1 is 1.14 bits per heavy atom. The van der Waals surface area contributed by atoms with Gasteiger partial charge in [0.25, 0.3) is 0 Å². The summed E-state index contributed by atoms with van der Waals surface area (Å²) in [5.74, 6) is 0.114. The SMILES string of the molecule is CCC(CC)C(=O)N1CCN(C2CC(=O)N(C)C2=O)CC1. The van der Waals surface area contributed by atoms with E-state index in [-0.39, 0.29) is 36.1 Å². The van der Waals surface area contributed by atoms with E-state index in [0.29, 0.717) is 26.2 Å². The highest BCUT2D eigenvalue weighted by Gasteiger charge is 2.41. The van der Waals surface area contributed by atoms with Crippen molar-refractivity contribution in [2.75, 3.05) is 33.2 Å². The summed E-state index contributed by atoms with van der Waals surface area (Å²) in [7, 11) is 1.54. The summed E-state index contributed by atoms with van der Waals surface area (Å²) in [4.78, 5) is 41.1. The van der Waals surface area contributed by atoms with Crippen molar-refractivity contribution in [2.24, 2.45) is 5.92 Å². The maximum atomic E-state index is 12.3. The minimum Gasteiger partial charge on any atom is -0.340 e. The van der Waals surface area contributed by atoms with Gasteiger partial charge in [0.2, 0.25) is 17.7 Å². The minimum absolute atomic E-state index is 0.109. The van der Waals surface area contributed by atoms with E-state index >= 15 is 0 Å². The molecule has 2 aliphatic heterocycles. The van der Waals surface area contributed by atoms with E-state index in [1.165, 1.54) is 11.9 Å². The zero-order valence-electron chi connectivity index (χ0n) is 13.2. The molecule has 2 heterocycles. The molecule has 3 amide bonds. The van der Waals surface area contributed by atoms with Crippen molar-refractivity contribution in [2.45, 2.75) is 39.2 Å². The maximum absolute atomic E-state index is 12.3. The highest BCUT2D eigenvalue weighted by molar-refractivity contribution is 6.05. The normalized spacial score (nSPS) is 24.3. The number of hydrogen-bond acceptors (Lipinski definition) is 4. The number of piperazine rings is 1. The van der Waals surface area contributed by atoms with Gasteiger partial charge in [-0.1, -0.05) is 13.8 Å². The Bertz CT molecular complexity index is 426. The molecule has 118 valence electrons. The number of hydrogen-bond donors (Lipinski definition) is 0. The molecule has 0 saturated carbocycles. The third-order valence-corrected chi connectivity index (χ3v) is 4.76. The summed E-state index contributed by atoms with van der Waals surface area (Å²) in [5.41, 5.74) is 0. The van der Waals surface area contributed by atoms with Crippen molar-refractivity contribution in [1.82, 2.24) is 14.7 Å². The molecule has 21 heavy (non-hydrogen) atoms. The van der Waals surface area contributed by atoms with Crippen molar-refractivity contribution in [3.8, 4) is 0 Å². The molecule has 2 fully saturated rings. The zero-order chi connectivity index (χ0) is 15.6. The smallest absolute Gasteiger partial charge is 0.246 e. The van der Waals surface area contributed by atoms with Gasteiger partial charge in [-0.2, -0.15) is 0 Å². The molecule has 6 heteroatoms. The average molecular weight is 295 g/mol. The lowest BCUT2D eigenvalue weighted by Gasteiger charge is -2.38. The Hall–Kier alpha value is -1.43. The molecule has 2 rings (SSSR count). The van der Waals surface area contributed by atoms with Gasteiger partial charge in [-0.25, -0.2) is 0 Å². The second-order valence-corrected chi connectivity index (χ2v) is 5.89. The van der Waals surface area contributed by atoms with Crippen molar-refractivity contribution in [3.05, 3.63) is 0 Å². The molecule has 0 radical (unpaired) electrons. The van der Waals surface area contributed by atoms with Gasteiger partial charge >= 0.3 is 0 Å². The van der Waals surface area contributed by atoms with Crippen LogP contribution in [0.4, 0.5) is 0 Å². The van der Waals surface area contributed by atoms with Gasteiger partial charge in [0.15, 0.2) is 0 Å². The second kappa shape index (κ2) is 6.56. The molecular weight excluding hydrogens is 270 g/mol. The van der Waals surface area contributed by atoms with Crippen LogP contribution in [0.25, 0.3) is 0 Å². The molecule has 1 atom stereocenters. The second-order valence-electron chi connectivity index (χ2n) is 5.89. The lowest BCUT2D eigenvalue weighted by Crippen LogP contribution is -2.54. The molecule has 0 spiro atoms. The van der Waals surface area contributed by atoms with Gasteiger partial charge < -0.3 is 4.90 Å². The molecule has 2 saturated heterocycles. The monoisotopic (exact) mass is 295 g/mol. The molecule has 0 aliphatic carbocycles. The Kier molecular flexibility index (Phi) is 4.98. The van der Waals surface area contributed by atoms with Crippen LogP contribution in [-0.4, -0.2) is 71.7 Å². The Morgan fingerprint density at radius 3 is 2.14 bits per heavy atom. The fraction of sp³-hybridized carbons (Fsp3) is 0.800. The van der Waals surface area contributed by atoms with Crippen molar-refractivity contribution < 1.29 is 14.4 Å². The minimum atomic E-state index is -0.326. The summed E-state index contributed by atoms with van der Waals surface area (Å²) >= 11 is 0. The summed E-state index contributed by atoms with van der Waals surface area (Å²) in [6.07, 6.45) is 2.02. The lowest BCUT2D eigenvalue weighted by molar-refractivity contribution is -0.139. The molecular formula is C15H25N3O3. The van der Waals surface area contributed by atoms with Crippen LogP contribution in [0, 0.1) is 5.92 Å². The Labute approximate surface area is 126 Å². The van der Waals surface area contributed by atoms with Crippen LogP contribution in [0.2, 0.25) is 0 Å². The van der Waals surface area contributed by atoms with Crippen molar-refractivity contribution in [1.29, 1.82) is 0 Å². The number of likely N-dealkylation sites (tertiary alicyclic amines) is 1. The summed E-state index contributed by atoms with van der Waals surface area (Å²) in [6.45, 7) is 6.72. The third-order valence-electron chi connectivity index (χ3n) is 4.76. The molecule has 0 bridgehead atoms. The maximum Gasteiger partial charge on any atom is 0.246 e. The molecule has 1 unspecified atom stereocenters. The van der Waals surface area contributed by atoms with Crippen LogP contribution in [0.3, 0.4) is 0 Å². The number of nitrogens with zero attached hydrogens (tertiary/aromatic N) is 3. The first kappa shape index (κ1) is 15.9. The number of carbonyl (C=O) groups excluding carboxylic acids is 3. The van der Waals surface area contributed by atoms with E-state index < -0.39 is 0 Å². The van der Waals surface area contributed by atoms with Crippen molar-refractivity contribution >= 4 is 17.7 Å². The largest absolute Gasteiger partial charge is 0.340 e. The predicted octanol–water partition coefficient (Wildman–Crippen LogP) is 0.324. The molecule has 0 aromatic rings. The van der Waals surface area contributed by atoms with Gasteiger partial charge in [0.05, 0.1) is 12.5 Å². The molecule has 0 N–H and O–H groups in total. The van der Waals surface area contributed by atoms with Crippen LogP contribution < -0.4 is 0 Å². The quantitative estimate of drug-likeness (QED) is 0.701. The van der Waals surface area contributed by atoms with Crippen LogP contribution >= 0.6 is 0 Å². The van der Waals surface area contributed by atoms with Crippen molar-refractivity contribution in [3.63, 3.8) is 0 Å². The number of carbonyl (C=O) groups is 3. The number of amides is 3. The Balaban J connectivity index is 1.90. The highest BCUT2D eigenvalue weighted by Crippen LogP contribution is 2.20. The van der Waals surface area contributed by atoms with E-state index in [1.54, 1.807) is 0 Å². The van der Waals surface area contributed by atoms with E-state index in [9.17, 15) is 14.4 Å². The van der Waals surface area contributed by atoms with E-state index in [4.69, 9.17) is 0 Å². The molecule has 0 aromatic heterocycles. The van der Waals surface area contributed by atoms with Crippen LogP contribution in [0.15, 0.2) is 0 Å².